The highest BCUT2D eigenvalue weighted by Crippen LogP contribution is 2.31. The molecule has 1 aliphatic rings. The summed E-state index contributed by atoms with van der Waals surface area (Å²) >= 11 is 0. The van der Waals surface area contributed by atoms with Gasteiger partial charge in [-0.05, 0) is 81.0 Å². The number of aromatic nitrogens is 2. The predicted molar refractivity (Wildman–Crippen MR) is 125 cm³/mol. The van der Waals surface area contributed by atoms with Crippen LogP contribution in [0.15, 0.2) is 46.0 Å². The van der Waals surface area contributed by atoms with E-state index in [0.717, 1.165) is 22.3 Å². The summed E-state index contributed by atoms with van der Waals surface area (Å²) in [6.45, 7) is 8.22. The van der Waals surface area contributed by atoms with Gasteiger partial charge < -0.3 is 9.73 Å². The fourth-order valence-corrected chi connectivity index (χ4v) is 6.37. The van der Waals surface area contributed by atoms with Gasteiger partial charge in [0.15, 0.2) is 0 Å². The largest absolute Gasteiger partial charge is 0.423 e. The van der Waals surface area contributed by atoms with Gasteiger partial charge in [-0.2, -0.15) is 4.31 Å². The number of nitrogens with one attached hydrogen (secondary N) is 1. The third kappa shape index (κ3) is 4.56. The van der Waals surface area contributed by atoms with E-state index in [9.17, 15) is 13.2 Å². The van der Waals surface area contributed by atoms with Gasteiger partial charge in [-0.25, -0.2) is 8.42 Å². The van der Waals surface area contributed by atoms with E-state index in [4.69, 9.17) is 4.42 Å². The highest BCUT2D eigenvalue weighted by atomic mass is 32.2. The minimum atomic E-state index is -3.63. The van der Waals surface area contributed by atoms with Crippen molar-refractivity contribution < 1.29 is 17.6 Å². The standard InChI is InChI=1S/C24H28N4O4S/c1-15-12-16(2)18(4)22(17(15)3)33(30,31)28-10-8-19(9-11-28)23(29)26-21-7-5-6-20(13-21)24-27-25-14-32-24/h5-7,12-14,19H,8-11H2,1-4H3,(H,26,29). The minimum Gasteiger partial charge on any atom is -0.423 e. The van der Waals surface area contributed by atoms with Crippen LogP contribution in [0.2, 0.25) is 0 Å². The summed E-state index contributed by atoms with van der Waals surface area (Å²) < 4.78 is 33.6. The number of carbonyl (C=O) groups excluding carboxylic acids is 1. The monoisotopic (exact) mass is 468 g/mol. The number of anilines is 1. The molecule has 8 nitrogen and oxygen atoms in total. The maximum atomic E-state index is 13.5. The maximum absolute atomic E-state index is 13.5. The molecule has 33 heavy (non-hydrogen) atoms. The average molecular weight is 469 g/mol. The molecule has 0 bridgehead atoms. The average Bonchev–Trinajstić information content (AvgIpc) is 3.33. The number of amides is 1. The number of sulfonamides is 1. The van der Waals surface area contributed by atoms with Gasteiger partial charge in [0.05, 0.1) is 4.90 Å². The molecule has 4 rings (SSSR count). The predicted octanol–water partition coefficient (Wildman–Crippen LogP) is 4.01. The smallest absolute Gasteiger partial charge is 0.247 e. The van der Waals surface area contributed by atoms with E-state index in [-0.39, 0.29) is 11.8 Å². The van der Waals surface area contributed by atoms with Crippen LogP contribution in [0.25, 0.3) is 11.5 Å². The van der Waals surface area contributed by atoms with Gasteiger partial charge in [0.1, 0.15) is 0 Å². The van der Waals surface area contributed by atoms with Crippen molar-refractivity contribution in [2.45, 2.75) is 45.4 Å². The number of rotatable bonds is 5. The third-order valence-electron chi connectivity index (χ3n) is 6.46. The quantitative estimate of drug-likeness (QED) is 0.607. The van der Waals surface area contributed by atoms with Crippen LogP contribution in [0.5, 0.6) is 0 Å². The minimum absolute atomic E-state index is 0.117. The van der Waals surface area contributed by atoms with Crippen LogP contribution in [-0.4, -0.2) is 41.9 Å². The lowest BCUT2D eigenvalue weighted by molar-refractivity contribution is -0.120. The number of benzene rings is 2. The van der Waals surface area contributed by atoms with Crippen molar-refractivity contribution >= 4 is 21.6 Å². The van der Waals surface area contributed by atoms with E-state index in [0.29, 0.717) is 48.0 Å². The Kier molecular flexibility index (Phi) is 6.36. The molecule has 2 aromatic carbocycles. The summed E-state index contributed by atoms with van der Waals surface area (Å²) in [4.78, 5) is 13.3. The zero-order valence-electron chi connectivity index (χ0n) is 19.3. The molecule has 0 aliphatic carbocycles. The number of hydrogen-bond donors (Lipinski definition) is 1. The van der Waals surface area contributed by atoms with Gasteiger partial charge in [-0.3, -0.25) is 4.79 Å². The molecule has 2 heterocycles. The first-order valence-corrected chi connectivity index (χ1v) is 12.4. The van der Waals surface area contributed by atoms with Crippen molar-refractivity contribution in [2.24, 2.45) is 5.92 Å². The first-order valence-electron chi connectivity index (χ1n) is 10.9. The molecular weight excluding hydrogens is 440 g/mol. The number of carbonyl (C=O) groups is 1. The van der Waals surface area contributed by atoms with Crippen molar-refractivity contribution in [2.75, 3.05) is 18.4 Å². The molecule has 1 amide bonds. The molecule has 0 unspecified atom stereocenters. The Hall–Kier alpha value is -3.04. The summed E-state index contributed by atoms with van der Waals surface area (Å²) in [5, 5.41) is 10.5. The van der Waals surface area contributed by atoms with Crippen molar-refractivity contribution in [1.82, 2.24) is 14.5 Å². The molecular formula is C24H28N4O4S. The van der Waals surface area contributed by atoms with E-state index < -0.39 is 10.0 Å². The Balaban J connectivity index is 1.44. The van der Waals surface area contributed by atoms with Gasteiger partial charge in [0.2, 0.25) is 28.2 Å². The second-order valence-electron chi connectivity index (χ2n) is 8.58. The lowest BCUT2D eigenvalue weighted by Gasteiger charge is -2.31. The van der Waals surface area contributed by atoms with E-state index in [1.807, 2.05) is 39.8 Å². The van der Waals surface area contributed by atoms with E-state index in [1.165, 1.54) is 10.7 Å². The lowest BCUT2D eigenvalue weighted by Crippen LogP contribution is -2.41. The molecule has 0 spiro atoms. The fourth-order valence-electron chi connectivity index (χ4n) is 4.33. The number of hydrogen-bond acceptors (Lipinski definition) is 6. The van der Waals surface area contributed by atoms with E-state index in [1.54, 1.807) is 18.2 Å². The SMILES string of the molecule is Cc1cc(C)c(C)c(S(=O)(=O)N2CCC(C(=O)Nc3cccc(-c4nnco4)c3)CC2)c1C. The van der Waals surface area contributed by atoms with E-state index >= 15 is 0 Å². The van der Waals surface area contributed by atoms with Crippen molar-refractivity contribution in [3.63, 3.8) is 0 Å². The first kappa shape index (κ1) is 23.1. The van der Waals surface area contributed by atoms with Gasteiger partial charge in [0.25, 0.3) is 0 Å². The summed E-state index contributed by atoms with van der Waals surface area (Å²) in [7, 11) is -3.63. The normalized spacial score (nSPS) is 15.5. The summed E-state index contributed by atoms with van der Waals surface area (Å²) in [6, 6.07) is 9.22. The molecule has 3 aromatic rings. The fraction of sp³-hybridized carbons (Fsp3) is 0.375. The molecule has 1 aliphatic heterocycles. The second kappa shape index (κ2) is 9.07. The van der Waals surface area contributed by atoms with Crippen LogP contribution in [0.3, 0.4) is 0 Å². The van der Waals surface area contributed by atoms with Crippen molar-refractivity contribution in [1.29, 1.82) is 0 Å². The van der Waals surface area contributed by atoms with Crippen LogP contribution in [0.1, 0.15) is 35.1 Å². The highest BCUT2D eigenvalue weighted by molar-refractivity contribution is 7.89. The van der Waals surface area contributed by atoms with E-state index in [2.05, 4.69) is 15.5 Å². The first-order chi connectivity index (χ1) is 15.7. The molecule has 0 radical (unpaired) electrons. The molecule has 0 atom stereocenters. The lowest BCUT2D eigenvalue weighted by atomic mass is 9.97. The molecule has 174 valence electrons. The van der Waals surface area contributed by atoms with Crippen molar-refractivity contribution in [3.8, 4) is 11.5 Å². The Bertz CT molecular complexity index is 1250. The number of aryl methyl sites for hydroxylation is 2. The number of nitrogens with zero attached hydrogens (tertiary/aromatic N) is 3. The zero-order valence-corrected chi connectivity index (χ0v) is 20.1. The van der Waals surface area contributed by atoms with Crippen LogP contribution >= 0.6 is 0 Å². The van der Waals surface area contributed by atoms with Gasteiger partial charge in [-0.1, -0.05) is 12.1 Å². The summed E-state index contributed by atoms with van der Waals surface area (Å²) in [5.41, 5.74) is 4.86. The highest BCUT2D eigenvalue weighted by Gasteiger charge is 2.34. The van der Waals surface area contributed by atoms with Gasteiger partial charge in [0, 0.05) is 30.3 Å². The Morgan fingerprint density at radius 3 is 2.33 bits per heavy atom. The van der Waals surface area contributed by atoms with Gasteiger partial charge in [-0.15, -0.1) is 10.2 Å². The van der Waals surface area contributed by atoms with Gasteiger partial charge >= 0.3 is 0 Å². The topological polar surface area (TPSA) is 105 Å². The summed E-state index contributed by atoms with van der Waals surface area (Å²) in [6.07, 6.45) is 2.19. The molecule has 1 N–H and O–H groups in total. The molecule has 1 saturated heterocycles. The summed E-state index contributed by atoms with van der Waals surface area (Å²) in [5.74, 6) is 0.0000225. The maximum Gasteiger partial charge on any atom is 0.247 e. The second-order valence-corrected chi connectivity index (χ2v) is 10.5. The van der Waals surface area contributed by atoms with Crippen LogP contribution < -0.4 is 5.32 Å². The zero-order chi connectivity index (χ0) is 23.8. The van der Waals surface area contributed by atoms with Crippen molar-refractivity contribution in [3.05, 3.63) is 59.0 Å². The Morgan fingerprint density at radius 1 is 1.06 bits per heavy atom. The third-order valence-corrected chi connectivity index (χ3v) is 8.63. The molecule has 9 heteroatoms. The Morgan fingerprint density at radius 2 is 1.73 bits per heavy atom. The molecule has 0 saturated carbocycles. The van der Waals surface area contributed by atoms with Crippen LogP contribution in [-0.2, 0) is 14.8 Å². The Labute approximate surface area is 194 Å². The number of piperidine rings is 1. The molecule has 1 aromatic heterocycles. The molecule has 1 fully saturated rings. The van der Waals surface area contributed by atoms with Crippen LogP contribution in [0.4, 0.5) is 5.69 Å². The van der Waals surface area contributed by atoms with Crippen LogP contribution in [0, 0.1) is 33.6 Å².